The van der Waals surface area contributed by atoms with Crippen LogP contribution in [0.25, 0.3) is 11.4 Å². The summed E-state index contributed by atoms with van der Waals surface area (Å²) >= 11 is 2.43. The van der Waals surface area contributed by atoms with E-state index in [9.17, 15) is 29.8 Å². The molecule has 0 atom stereocenters. The third-order valence-corrected chi connectivity index (χ3v) is 9.32. The first-order valence-electron chi connectivity index (χ1n) is 15.1. The summed E-state index contributed by atoms with van der Waals surface area (Å²) in [7, 11) is 0. The van der Waals surface area contributed by atoms with Crippen molar-refractivity contribution in [2.24, 2.45) is 0 Å². The van der Waals surface area contributed by atoms with Crippen molar-refractivity contribution in [2.75, 3.05) is 11.5 Å². The highest BCUT2D eigenvalue weighted by Gasteiger charge is 2.21. The molecule has 50 heavy (non-hydrogen) atoms. The zero-order valence-electron chi connectivity index (χ0n) is 26.1. The van der Waals surface area contributed by atoms with Crippen LogP contribution in [0.5, 0.6) is 0 Å². The number of Topliss-reactive ketones (excluding diaryl/α,β-unsaturated/α-hetero) is 2. The van der Waals surface area contributed by atoms with Gasteiger partial charge in [0, 0.05) is 59.6 Å². The topological polar surface area (TPSA) is 182 Å². The molecule has 0 amide bonds. The summed E-state index contributed by atoms with van der Waals surface area (Å²) in [5.41, 5.74) is 2.15. The number of aryl methyl sites for hydroxylation is 2. The van der Waals surface area contributed by atoms with Crippen molar-refractivity contribution in [2.45, 2.75) is 23.2 Å². The fourth-order valence-corrected chi connectivity index (χ4v) is 6.70. The number of non-ortho nitro benzene ring substituents is 2. The molecule has 0 spiro atoms. The maximum absolute atomic E-state index is 12.9. The molecule has 250 valence electrons. The van der Waals surface area contributed by atoms with Crippen molar-refractivity contribution in [3.05, 3.63) is 152 Å². The van der Waals surface area contributed by atoms with Gasteiger partial charge in [0.1, 0.15) is 11.6 Å². The second-order valence-electron chi connectivity index (χ2n) is 10.7. The Morgan fingerprint density at radius 3 is 1.24 bits per heavy atom. The second-order valence-corrected chi connectivity index (χ2v) is 12.6. The highest BCUT2D eigenvalue weighted by atomic mass is 32.2. The van der Waals surface area contributed by atoms with Crippen molar-refractivity contribution in [3.8, 4) is 11.4 Å². The van der Waals surface area contributed by atoms with Crippen molar-refractivity contribution in [3.63, 3.8) is 0 Å². The SMILES string of the molecule is O=C(CSc1nnc(CCc2nnc(SCC(=O)c3ccc([N+](=O)[O-])cc3)n2-c2ccccc2)n1-c1ccccc1)c1ccc([N+](=O)[O-])cc1. The van der Waals surface area contributed by atoms with E-state index in [1.807, 2.05) is 69.8 Å². The molecule has 0 fully saturated rings. The molecule has 14 nitrogen and oxygen atoms in total. The number of nitro groups is 2. The number of carbonyl (C=O) groups is 2. The first-order valence-corrected chi connectivity index (χ1v) is 17.1. The molecule has 0 aliphatic carbocycles. The summed E-state index contributed by atoms with van der Waals surface area (Å²) in [5.74, 6) is 0.941. The minimum absolute atomic E-state index is 0.0459. The molecule has 6 aromatic rings. The molecule has 2 heterocycles. The monoisotopic (exact) mass is 706 g/mol. The summed E-state index contributed by atoms with van der Waals surface area (Å²) in [4.78, 5) is 46.8. The maximum Gasteiger partial charge on any atom is 0.269 e. The van der Waals surface area contributed by atoms with Crippen LogP contribution < -0.4 is 0 Å². The number of para-hydroxylation sites is 2. The van der Waals surface area contributed by atoms with E-state index in [1.165, 1.54) is 72.1 Å². The van der Waals surface area contributed by atoms with Crippen LogP contribution in [0, 0.1) is 20.2 Å². The summed E-state index contributed by atoms with van der Waals surface area (Å²) in [6, 6.07) is 30.0. The lowest BCUT2D eigenvalue weighted by Crippen LogP contribution is -2.09. The molecule has 4 aromatic carbocycles. The van der Waals surface area contributed by atoms with Gasteiger partial charge >= 0.3 is 0 Å². The van der Waals surface area contributed by atoms with Crippen molar-refractivity contribution in [1.29, 1.82) is 0 Å². The Morgan fingerprint density at radius 2 is 0.900 bits per heavy atom. The number of aromatic nitrogens is 6. The van der Waals surface area contributed by atoms with Gasteiger partial charge in [-0.15, -0.1) is 20.4 Å². The Bertz CT molecular complexity index is 2000. The summed E-state index contributed by atoms with van der Waals surface area (Å²) in [6.07, 6.45) is 0.826. The number of rotatable bonds is 15. The largest absolute Gasteiger partial charge is 0.293 e. The number of ketones is 2. The first-order chi connectivity index (χ1) is 24.3. The van der Waals surface area contributed by atoms with Gasteiger partial charge in [0.25, 0.3) is 11.4 Å². The zero-order valence-corrected chi connectivity index (χ0v) is 27.7. The van der Waals surface area contributed by atoms with Crippen molar-refractivity contribution >= 4 is 46.5 Å². The van der Waals surface area contributed by atoms with E-state index in [0.29, 0.717) is 45.9 Å². The molecule has 0 N–H and O–H groups in total. The van der Waals surface area contributed by atoms with Crippen LogP contribution >= 0.6 is 23.5 Å². The quantitative estimate of drug-likeness (QED) is 0.0497. The van der Waals surface area contributed by atoms with Crippen LogP contribution in [0.15, 0.2) is 120 Å². The number of thioether (sulfide) groups is 2. The van der Waals surface area contributed by atoms with Crippen LogP contribution in [0.1, 0.15) is 32.4 Å². The van der Waals surface area contributed by atoms with Gasteiger partial charge in [-0.25, -0.2) is 0 Å². The van der Waals surface area contributed by atoms with Crippen LogP contribution in [0.2, 0.25) is 0 Å². The second kappa shape index (κ2) is 15.5. The predicted molar refractivity (Wildman–Crippen MR) is 186 cm³/mol. The van der Waals surface area contributed by atoms with Gasteiger partial charge in [-0.2, -0.15) is 0 Å². The van der Waals surface area contributed by atoms with Crippen LogP contribution in [-0.2, 0) is 12.8 Å². The Hall–Kier alpha value is -6.00. The van der Waals surface area contributed by atoms with Crippen molar-refractivity contribution in [1.82, 2.24) is 29.5 Å². The maximum atomic E-state index is 12.9. The highest BCUT2D eigenvalue weighted by molar-refractivity contribution is 8.00. The number of benzene rings is 4. The minimum atomic E-state index is -0.514. The first kappa shape index (κ1) is 33.9. The number of hydrogen-bond acceptors (Lipinski definition) is 12. The van der Waals surface area contributed by atoms with E-state index in [4.69, 9.17) is 0 Å². The van der Waals surface area contributed by atoms with Gasteiger partial charge in [0.15, 0.2) is 21.9 Å². The molecule has 0 saturated heterocycles. The molecule has 0 saturated carbocycles. The minimum Gasteiger partial charge on any atom is -0.293 e. The van der Waals surface area contributed by atoms with Gasteiger partial charge in [-0.3, -0.25) is 39.0 Å². The fourth-order valence-electron chi connectivity index (χ4n) is 4.97. The normalized spacial score (nSPS) is 11.0. The lowest BCUT2D eigenvalue weighted by molar-refractivity contribution is -0.385. The van der Waals surface area contributed by atoms with Crippen LogP contribution in [0.4, 0.5) is 11.4 Å². The average molecular weight is 707 g/mol. The summed E-state index contributed by atoms with van der Waals surface area (Å²) < 4.78 is 3.77. The molecule has 0 bridgehead atoms. The van der Waals surface area contributed by atoms with Gasteiger partial charge in [-0.05, 0) is 48.5 Å². The Kier molecular flexibility index (Phi) is 10.5. The van der Waals surface area contributed by atoms with Crippen LogP contribution in [-0.4, -0.2) is 62.4 Å². The third kappa shape index (κ3) is 7.82. The van der Waals surface area contributed by atoms with Crippen LogP contribution in [0.3, 0.4) is 0 Å². The Morgan fingerprint density at radius 1 is 0.540 bits per heavy atom. The zero-order chi connectivity index (χ0) is 35.0. The highest BCUT2D eigenvalue weighted by Crippen LogP contribution is 2.27. The number of nitro benzene ring substituents is 2. The number of nitrogens with zero attached hydrogens (tertiary/aromatic N) is 8. The predicted octanol–water partition coefficient (Wildman–Crippen LogP) is 6.40. The van der Waals surface area contributed by atoms with E-state index in [2.05, 4.69) is 20.4 Å². The standard InChI is InChI=1S/C34H26N8O6S2/c43-29(23-11-15-27(16-12-23)41(45)46)21-49-33-37-35-31(39(33)25-7-3-1-4-8-25)19-20-32-36-38-34(40(32)26-9-5-2-6-10-26)50-22-30(44)24-13-17-28(18-14-24)42(47)48/h1-18H,19-22H2. The van der Waals surface area contributed by atoms with E-state index in [1.54, 1.807) is 0 Å². The molecule has 16 heteroatoms. The number of carbonyl (C=O) groups excluding carboxylic acids is 2. The molecule has 0 unspecified atom stereocenters. The molecule has 0 aliphatic heterocycles. The third-order valence-electron chi connectivity index (χ3n) is 7.47. The molecule has 0 aliphatic rings. The molecule has 6 rings (SSSR count). The van der Waals surface area contributed by atoms with E-state index < -0.39 is 9.85 Å². The molecule has 2 aromatic heterocycles. The Labute approximate surface area is 292 Å². The lowest BCUT2D eigenvalue weighted by Gasteiger charge is -2.12. The van der Waals surface area contributed by atoms with E-state index >= 15 is 0 Å². The van der Waals surface area contributed by atoms with E-state index in [0.717, 1.165) is 11.4 Å². The van der Waals surface area contributed by atoms with Crippen molar-refractivity contribution < 1.29 is 19.4 Å². The van der Waals surface area contributed by atoms with Gasteiger partial charge in [-0.1, -0.05) is 59.9 Å². The lowest BCUT2D eigenvalue weighted by atomic mass is 10.1. The summed E-state index contributed by atoms with van der Waals surface area (Å²) in [5, 5.41) is 40.7. The molecule has 0 radical (unpaired) electrons. The van der Waals surface area contributed by atoms with Gasteiger partial charge in [0.05, 0.1) is 21.4 Å². The van der Waals surface area contributed by atoms with Gasteiger partial charge < -0.3 is 0 Å². The molecular weight excluding hydrogens is 681 g/mol. The summed E-state index contributed by atoms with van der Waals surface area (Å²) in [6.45, 7) is 0. The molecular formula is C34H26N8O6S2. The fraction of sp³-hybridized carbons (Fsp3) is 0.118. The number of hydrogen-bond donors (Lipinski definition) is 0. The average Bonchev–Trinajstić information content (AvgIpc) is 3.76. The van der Waals surface area contributed by atoms with E-state index in [-0.39, 0.29) is 34.4 Å². The smallest absolute Gasteiger partial charge is 0.269 e. The van der Waals surface area contributed by atoms with Gasteiger partial charge in [0.2, 0.25) is 0 Å². The Balaban J connectivity index is 1.21.